The molecule has 0 atom stereocenters. The van der Waals surface area contributed by atoms with Gasteiger partial charge in [0.25, 0.3) is 0 Å². The summed E-state index contributed by atoms with van der Waals surface area (Å²) in [7, 11) is 9.78. The summed E-state index contributed by atoms with van der Waals surface area (Å²) < 4.78 is 0. The van der Waals surface area contributed by atoms with E-state index in [0.29, 0.717) is 0 Å². The standard InChI is InChI=1S/C13H11.2ClH.Ti/c1-3-7-12(8-4-1)11-13-9-5-2-6-10-13;;;/h1-11H;2*1H;/q-1;;;+2/p-2. The molecule has 0 saturated carbocycles. The van der Waals surface area contributed by atoms with Crippen molar-refractivity contribution >= 4 is 18.6 Å². The minimum atomic E-state index is -0.556. The van der Waals surface area contributed by atoms with E-state index in [-0.39, 0.29) is 0 Å². The predicted molar refractivity (Wildman–Crippen MR) is 67.1 cm³/mol. The van der Waals surface area contributed by atoms with Crippen LogP contribution in [0.5, 0.6) is 0 Å². The van der Waals surface area contributed by atoms with Crippen LogP contribution in [0.1, 0.15) is 11.1 Å². The van der Waals surface area contributed by atoms with E-state index in [4.69, 9.17) is 18.6 Å². The summed E-state index contributed by atoms with van der Waals surface area (Å²) in [5.41, 5.74) is 2.49. The van der Waals surface area contributed by atoms with Crippen molar-refractivity contribution in [3.63, 3.8) is 0 Å². The molecule has 0 spiro atoms. The van der Waals surface area contributed by atoms with Crippen molar-refractivity contribution in [2.24, 2.45) is 0 Å². The second-order valence-corrected chi connectivity index (χ2v) is 5.62. The minimum Gasteiger partial charge on any atom is -0.126 e. The zero-order chi connectivity index (χ0) is 11.6. The summed E-state index contributed by atoms with van der Waals surface area (Å²) >= 11 is -0.556. The van der Waals surface area contributed by atoms with E-state index in [1.165, 1.54) is 11.1 Å². The molecule has 3 heteroatoms. The van der Waals surface area contributed by atoms with Crippen LogP contribution in [0.3, 0.4) is 0 Å². The van der Waals surface area contributed by atoms with Crippen molar-refractivity contribution in [1.29, 1.82) is 0 Å². The quantitative estimate of drug-likeness (QED) is 0.556. The van der Waals surface area contributed by atoms with E-state index < -0.39 is 17.0 Å². The van der Waals surface area contributed by atoms with Crippen molar-refractivity contribution in [2.75, 3.05) is 0 Å². The number of rotatable bonds is 2. The van der Waals surface area contributed by atoms with Crippen LogP contribution < -0.4 is 0 Å². The molecule has 0 saturated heterocycles. The Morgan fingerprint density at radius 1 is 0.688 bits per heavy atom. The van der Waals surface area contributed by atoms with Crippen molar-refractivity contribution in [3.8, 4) is 0 Å². The molecule has 0 bridgehead atoms. The summed E-state index contributed by atoms with van der Waals surface area (Å²) in [4.78, 5) is 0. The summed E-state index contributed by atoms with van der Waals surface area (Å²) in [5.74, 6) is 0. The van der Waals surface area contributed by atoms with Gasteiger partial charge >= 0.3 is 35.6 Å². The van der Waals surface area contributed by atoms with Crippen molar-refractivity contribution in [2.45, 2.75) is 0 Å². The second-order valence-electron chi connectivity index (χ2n) is 3.04. The van der Waals surface area contributed by atoms with Crippen LogP contribution in [0.4, 0.5) is 0 Å². The van der Waals surface area contributed by atoms with Gasteiger partial charge in [-0.1, -0.05) is 36.4 Å². The average Bonchev–Trinajstić information content (AvgIpc) is 2.33. The van der Waals surface area contributed by atoms with Crippen molar-refractivity contribution in [3.05, 3.63) is 78.2 Å². The van der Waals surface area contributed by atoms with Gasteiger partial charge in [0.05, 0.1) is 0 Å². The Hall–Kier alpha value is -0.396. The molecule has 0 heterocycles. The van der Waals surface area contributed by atoms with E-state index >= 15 is 0 Å². The molecule has 16 heavy (non-hydrogen) atoms. The first-order valence-corrected chi connectivity index (χ1v) is 9.07. The smallest absolute Gasteiger partial charge is 0.0771 e. The van der Waals surface area contributed by atoms with Gasteiger partial charge in [-0.3, -0.25) is 0 Å². The summed E-state index contributed by atoms with van der Waals surface area (Å²) in [6.07, 6.45) is 2.17. The molecule has 0 fully saturated rings. The van der Waals surface area contributed by atoms with E-state index in [1.807, 2.05) is 12.1 Å². The van der Waals surface area contributed by atoms with Crippen LogP contribution in [-0.2, 0) is 17.0 Å². The van der Waals surface area contributed by atoms with Gasteiger partial charge in [0.15, 0.2) is 0 Å². The Bertz CT molecular complexity index is 338. The molecule has 2 rings (SSSR count). The topological polar surface area (TPSA) is 0 Å². The maximum atomic E-state index is 4.89. The molecule has 0 radical (unpaired) electrons. The molecule has 0 aliphatic carbocycles. The summed E-state index contributed by atoms with van der Waals surface area (Å²) in [6, 6.07) is 20.7. The maximum Gasteiger partial charge on any atom is -0.0771 e. The zero-order valence-corrected chi connectivity index (χ0v) is 11.7. The molecule has 2 aromatic rings. The van der Waals surface area contributed by atoms with Crippen molar-refractivity contribution < 1.29 is 17.0 Å². The first-order valence-electron chi connectivity index (χ1n) is 4.78. The third kappa shape index (κ3) is 5.62. The molecular formula is C13H11Cl2Ti-. The van der Waals surface area contributed by atoms with Gasteiger partial charge in [-0.15, -0.1) is 41.8 Å². The molecule has 0 aliphatic rings. The van der Waals surface area contributed by atoms with Crippen LogP contribution in [-0.4, -0.2) is 0 Å². The Labute approximate surface area is 113 Å². The molecule has 82 valence electrons. The van der Waals surface area contributed by atoms with Crippen molar-refractivity contribution in [1.82, 2.24) is 0 Å². The summed E-state index contributed by atoms with van der Waals surface area (Å²) in [5, 5.41) is 0. The SMILES string of the molecule is [Cl][Ti][Cl].c1ccc([CH-]c2ccccc2)cc1. The van der Waals surface area contributed by atoms with Gasteiger partial charge in [-0.2, -0.15) is 0 Å². The van der Waals surface area contributed by atoms with Crippen LogP contribution in [0, 0.1) is 6.42 Å². The van der Waals surface area contributed by atoms with Crippen LogP contribution in [0.25, 0.3) is 0 Å². The van der Waals surface area contributed by atoms with Gasteiger partial charge in [0.1, 0.15) is 0 Å². The van der Waals surface area contributed by atoms with E-state index in [1.54, 1.807) is 0 Å². The fourth-order valence-corrected chi connectivity index (χ4v) is 1.29. The Kier molecular flexibility index (Phi) is 7.45. The number of halogens is 2. The normalized spacial score (nSPS) is 8.62. The first-order chi connectivity index (χ1) is 7.86. The van der Waals surface area contributed by atoms with E-state index in [9.17, 15) is 0 Å². The predicted octanol–water partition coefficient (Wildman–Crippen LogP) is 4.66. The van der Waals surface area contributed by atoms with Crippen LogP contribution >= 0.6 is 18.6 Å². The molecule has 0 unspecified atom stereocenters. The van der Waals surface area contributed by atoms with Crippen LogP contribution in [0.15, 0.2) is 60.7 Å². The van der Waals surface area contributed by atoms with Gasteiger partial charge in [-0.05, 0) is 0 Å². The van der Waals surface area contributed by atoms with E-state index in [0.717, 1.165) is 0 Å². The molecular weight excluding hydrogens is 275 g/mol. The fourth-order valence-electron chi connectivity index (χ4n) is 1.29. The third-order valence-electron chi connectivity index (χ3n) is 1.93. The largest absolute Gasteiger partial charge is 0.126 e. The molecule has 0 aliphatic heterocycles. The molecule has 0 N–H and O–H groups in total. The Morgan fingerprint density at radius 2 is 1.00 bits per heavy atom. The molecule has 2 aromatic carbocycles. The van der Waals surface area contributed by atoms with Gasteiger partial charge < -0.3 is 0 Å². The fraction of sp³-hybridized carbons (Fsp3) is 0. The molecule has 0 amide bonds. The minimum absolute atomic E-state index is 0.556. The van der Waals surface area contributed by atoms with Crippen LogP contribution in [0.2, 0.25) is 0 Å². The molecule has 0 aromatic heterocycles. The monoisotopic (exact) mass is 285 g/mol. The zero-order valence-electron chi connectivity index (χ0n) is 8.61. The summed E-state index contributed by atoms with van der Waals surface area (Å²) in [6.45, 7) is 0. The van der Waals surface area contributed by atoms with Gasteiger partial charge in [0, 0.05) is 0 Å². The van der Waals surface area contributed by atoms with Gasteiger partial charge in [-0.25, -0.2) is 0 Å². The Balaban J connectivity index is 0.000000386. The number of hydrogen-bond donors (Lipinski definition) is 0. The number of hydrogen-bond acceptors (Lipinski definition) is 0. The maximum absolute atomic E-state index is 4.89. The first kappa shape index (κ1) is 13.7. The number of benzene rings is 2. The Morgan fingerprint density at radius 3 is 1.31 bits per heavy atom. The molecule has 0 nitrogen and oxygen atoms in total. The van der Waals surface area contributed by atoms with E-state index in [2.05, 4.69) is 55.0 Å². The van der Waals surface area contributed by atoms with Gasteiger partial charge in [0.2, 0.25) is 0 Å². The second kappa shape index (κ2) is 8.72. The third-order valence-corrected chi connectivity index (χ3v) is 1.93. The average molecular weight is 286 g/mol.